The molecule has 0 atom stereocenters. The molecule has 5 heteroatoms. The van der Waals surface area contributed by atoms with Crippen molar-refractivity contribution in [2.45, 2.75) is 0 Å². The summed E-state index contributed by atoms with van der Waals surface area (Å²) in [6.45, 7) is 0. The van der Waals surface area contributed by atoms with Crippen molar-refractivity contribution in [3.63, 3.8) is 0 Å². The van der Waals surface area contributed by atoms with Gasteiger partial charge in [0.2, 0.25) is 0 Å². The molecule has 0 bridgehead atoms. The van der Waals surface area contributed by atoms with Gasteiger partial charge in [-0.05, 0) is 12.1 Å². The molecule has 0 unspecified atom stereocenters. The Morgan fingerprint density at radius 3 is 2.10 bits per heavy atom. The van der Waals surface area contributed by atoms with Crippen molar-refractivity contribution in [1.29, 1.82) is 0 Å². The van der Waals surface area contributed by atoms with Gasteiger partial charge in [-0.3, -0.25) is 4.79 Å². The third-order valence-corrected chi connectivity index (χ3v) is 3.61. The van der Waals surface area contributed by atoms with Crippen molar-refractivity contribution >= 4 is 40.5 Å². The molecule has 0 saturated heterocycles. The summed E-state index contributed by atoms with van der Waals surface area (Å²) in [5.41, 5.74) is 2.79. The lowest BCUT2D eigenvalue weighted by Gasteiger charge is -2.07. The lowest BCUT2D eigenvalue weighted by molar-refractivity contribution is 0.111. The van der Waals surface area contributed by atoms with Gasteiger partial charge >= 0.3 is 0 Å². The lowest BCUT2D eigenvalue weighted by Crippen LogP contribution is -1.97. The van der Waals surface area contributed by atoms with Crippen LogP contribution in [-0.2, 0) is 0 Å². The SMILES string of the molecule is O=Cc1nc2cc(Cl)c(Cl)cc2nc1-c1ccccc1. The van der Waals surface area contributed by atoms with E-state index >= 15 is 0 Å². The first-order valence-corrected chi connectivity index (χ1v) is 6.62. The van der Waals surface area contributed by atoms with Gasteiger partial charge in [0.05, 0.1) is 21.1 Å². The van der Waals surface area contributed by atoms with E-state index in [9.17, 15) is 4.79 Å². The van der Waals surface area contributed by atoms with Gasteiger partial charge in [0.25, 0.3) is 0 Å². The van der Waals surface area contributed by atoms with Crippen molar-refractivity contribution < 1.29 is 4.79 Å². The second-order valence-corrected chi connectivity index (χ2v) is 5.01. The van der Waals surface area contributed by atoms with Crippen molar-refractivity contribution in [2.24, 2.45) is 0 Å². The van der Waals surface area contributed by atoms with E-state index in [2.05, 4.69) is 9.97 Å². The predicted octanol–water partition coefficient (Wildman–Crippen LogP) is 4.42. The molecular formula is C15H8Cl2N2O. The Morgan fingerprint density at radius 1 is 0.900 bits per heavy atom. The fourth-order valence-corrected chi connectivity index (χ4v) is 2.27. The molecule has 0 fully saturated rings. The molecule has 0 aliphatic heterocycles. The Kier molecular flexibility index (Phi) is 3.38. The Balaban J connectivity index is 2.32. The van der Waals surface area contributed by atoms with Crippen LogP contribution in [0.3, 0.4) is 0 Å². The highest BCUT2D eigenvalue weighted by atomic mass is 35.5. The average molecular weight is 303 g/mol. The second kappa shape index (κ2) is 5.19. The van der Waals surface area contributed by atoms with Gasteiger partial charge in [0.1, 0.15) is 11.4 Å². The van der Waals surface area contributed by atoms with Crippen molar-refractivity contribution in [3.05, 3.63) is 58.2 Å². The number of halogens is 2. The fraction of sp³-hybridized carbons (Fsp3) is 0. The number of rotatable bonds is 2. The van der Waals surface area contributed by atoms with Crippen LogP contribution in [0.5, 0.6) is 0 Å². The molecule has 3 nitrogen and oxygen atoms in total. The minimum Gasteiger partial charge on any atom is -0.296 e. The number of carbonyl (C=O) groups excluding carboxylic acids is 1. The fourth-order valence-electron chi connectivity index (χ4n) is 1.96. The summed E-state index contributed by atoms with van der Waals surface area (Å²) >= 11 is 11.9. The van der Waals surface area contributed by atoms with Gasteiger partial charge in [0.15, 0.2) is 6.29 Å². The molecule has 0 amide bonds. The summed E-state index contributed by atoms with van der Waals surface area (Å²) in [5, 5.41) is 0.795. The zero-order valence-corrected chi connectivity index (χ0v) is 11.7. The molecule has 2 aromatic carbocycles. The number of benzene rings is 2. The highest BCUT2D eigenvalue weighted by molar-refractivity contribution is 6.42. The van der Waals surface area contributed by atoms with Crippen LogP contribution in [0.25, 0.3) is 22.3 Å². The molecule has 0 N–H and O–H groups in total. The Hall–Kier alpha value is -1.97. The number of hydrogen-bond donors (Lipinski definition) is 0. The zero-order chi connectivity index (χ0) is 14.1. The van der Waals surface area contributed by atoms with Gasteiger partial charge in [0, 0.05) is 5.56 Å². The van der Waals surface area contributed by atoms with Crippen LogP contribution in [0.15, 0.2) is 42.5 Å². The quantitative estimate of drug-likeness (QED) is 0.658. The van der Waals surface area contributed by atoms with Crippen LogP contribution in [0.2, 0.25) is 10.0 Å². The number of nitrogens with zero attached hydrogens (tertiary/aromatic N) is 2. The highest BCUT2D eigenvalue weighted by Crippen LogP contribution is 2.28. The van der Waals surface area contributed by atoms with Gasteiger partial charge in [-0.25, -0.2) is 9.97 Å². The molecule has 0 aliphatic carbocycles. The Labute approximate surface area is 125 Å². The summed E-state index contributed by atoms with van der Waals surface area (Å²) in [4.78, 5) is 20.0. The van der Waals surface area contributed by atoms with Gasteiger partial charge in [-0.15, -0.1) is 0 Å². The van der Waals surface area contributed by atoms with Crippen molar-refractivity contribution in [1.82, 2.24) is 9.97 Å². The second-order valence-electron chi connectivity index (χ2n) is 4.20. The van der Waals surface area contributed by atoms with Crippen LogP contribution < -0.4 is 0 Å². The van der Waals surface area contributed by atoms with Crippen molar-refractivity contribution in [2.75, 3.05) is 0 Å². The summed E-state index contributed by atoms with van der Waals surface area (Å²) in [6.07, 6.45) is 0.692. The van der Waals surface area contributed by atoms with Crippen LogP contribution in [0, 0.1) is 0 Å². The van der Waals surface area contributed by atoms with E-state index in [1.165, 1.54) is 0 Å². The number of aromatic nitrogens is 2. The first kappa shape index (κ1) is 13.0. The number of aldehydes is 1. The predicted molar refractivity (Wildman–Crippen MR) is 80.4 cm³/mol. The van der Waals surface area contributed by atoms with Gasteiger partial charge in [-0.1, -0.05) is 53.5 Å². The molecule has 0 saturated carbocycles. The summed E-state index contributed by atoms with van der Waals surface area (Å²) in [6, 6.07) is 12.7. The first-order chi connectivity index (χ1) is 9.69. The molecule has 98 valence electrons. The Bertz CT molecular complexity index is 804. The number of carbonyl (C=O) groups is 1. The van der Waals surface area contributed by atoms with E-state index in [4.69, 9.17) is 23.2 Å². The van der Waals surface area contributed by atoms with E-state index in [0.717, 1.165) is 5.56 Å². The van der Waals surface area contributed by atoms with E-state index in [-0.39, 0.29) is 5.69 Å². The molecule has 3 aromatic rings. The lowest BCUT2D eigenvalue weighted by atomic mass is 10.1. The minimum absolute atomic E-state index is 0.280. The number of fused-ring (bicyclic) bond motifs is 1. The molecule has 0 radical (unpaired) electrons. The zero-order valence-electron chi connectivity index (χ0n) is 10.2. The maximum atomic E-state index is 11.2. The summed E-state index contributed by atoms with van der Waals surface area (Å²) in [7, 11) is 0. The number of hydrogen-bond acceptors (Lipinski definition) is 3. The third kappa shape index (κ3) is 2.26. The molecule has 20 heavy (non-hydrogen) atoms. The third-order valence-electron chi connectivity index (χ3n) is 2.89. The van der Waals surface area contributed by atoms with Crippen LogP contribution in [0.1, 0.15) is 10.5 Å². The molecule has 3 rings (SSSR count). The van der Waals surface area contributed by atoms with Crippen LogP contribution in [0.4, 0.5) is 0 Å². The normalized spacial score (nSPS) is 10.7. The smallest absolute Gasteiger partial charge is 0.170 e. The standard InChI is InChI=1S/C15H8Cl2N2O/c16-10-6-12-13(7-11(10)17)19-15(14(8-20)18-12)9-4-2-1-3-5-9/h1-8H. The van der Waals surface area contributed by atoms with E-state index < -0.39 is 0 Å². The van der Waals surface area contributed by atoms with E-state index in [0.29, 0.717) is 33.1 Å². The average Bonchev–Trinajstić information content (AvgIpc) is 2.48. The molecule has 1 heterocycles. The molecule has 0 spiro atoms. The summed E-state index contributed by atoms with van der Waals surface area (Å²) in [5.74, 6) is 0. The van der Waals surface area contributed by atoms with Crippen molar-refractivity contribution in [3.8, 4) is 11.3 Å². The molecular weight excluding hydrogens is 295 g/mol. The first-order valence-electron chi connectivity index (χ1n) is 5.86. The monoisotopic (exact) mass is 302 g/mol. The molecule has 1 aromatic heterocycles. The van der Waals surface area contributed by atoms with Gasteiger partial charge in [-0.2, -0.15) is 0 Å². The van der Waals surface area contributed by atoms with E-state index in [1.807, 2.05) is 30.3 Å². The topological polar surface area (TPSA) is 42.9 Å². The largest absolute Gasteiger partial charge is 0.296 e. The minimum atomic E-state index is 0.280. The maximum absolute atomic E-state index is 11.2. The van der Waals surface area contributed by atoms with Crippen LogP contribution >= 0.6 is 23.2 Å². The maximum Gasteiger partial charge on any atom is 0.170 e. The van der Waals surface area contributed by atoms with Crippen LogP contribution in [-0.4, -0.2) is 16.3 Å². The van der Waals surface area contributed by atoms with Gasteiger partial charge < -0.3 is 0 Å². The molecule has 0 aliphatic rings. The van der Waals surface area contributed by atoms with E-state index in [1.54, 1.807) is 12.1 Å². The highest BCUT2D eigenvalue weighted by Gasteiger charge is 2.11. The summed E-state index contributed by atoms with van der Waals surface area (Å²) < 4.78 is 0. The Morgan fingerprint density at radius 2 is 1.50 bits per heavy atom.